The molecule has 0 saturated carbocycles. The van der Waals surface area contributed by atoms with Gasteiger partial charge in [0.05, 0.1) is 55.9 Å². The summed E-state index contributed by atoms with van der Waals surface area (Å²) in [5.74, 6) is 0.351. The molecule has 0 amide bonds. The van der Waals surface area contributed by atoms with Gasteiger partial charge in [-0.25, -0.2) is 19.9 Å². The Morgan fingerprint density at radius 1 is 0.422 bits per heavy atom. The van der Waals surface area contributed by atoms with Gasteiger partial charge in [0.25, 0.3) is 0 Å². The lowest BCUT2D eigenvalue weighted by Crippen LogP contribution is -1.96. The molecule has 0 radical (unpaired) electrons. The van der Waals surface area contributed by atoms with Crippen molar-refractivity contribution in [2.75, 3.05) is 0 Å². The molecule has 308 valence electrons. The predicted molar refractivity (Wildman–Crippen MR) is 245 cm³/mol. The molecule has 3 N–H and O–H groups in total. The molecule has 6 heterocycles. The van der Waals surface area contributed by atoms with Crippen molar-refractivity contribution in [2.45, 2.75) is 0 Å². The van der Waals surface area contributed by atoms with Crippen LogP contribution in [0.15, 0.2) is 158 Å². The summed E-state index contributed by atoms with van der Waals surface area (Å²) in [6.45, 7) is 0. The minimum atomic E-state index is -3.06. The van der Waals surface area contributed by atoms with E-state index in [0.717, 1.165) is 54.4 Å². The fourth-order valence-corrected chi connectivity index (χ4v) is 8.20. The second kappa shape index (κ2) is 16.3. The Morgan fingerprint density at radius 3 is 1.11 bits per heavy atom. The van der Waals surface area contributed by atoms with Crippen LogP contribution in [0.2, 0.25) is 0 Å². The zero-order valence-electron chi connectivity index (χ0n) is 33.0. The molecule has 1 unspecified atom stereocenters. The summed E-state index contributed by atoms with van der Waals surface area (Å²) in [4.78, 5) is 68.7. The number of benzene rings is 5. The Kier molecular flexibility index (Phi) is 10.0. The molecule has 1 atom stereocenters. The first-order valence-corrected chi connectivity index (χ1v) is 21.9. The highest BCUT2D eigenvalue weighted by molar-refractivity contribution is 7.39. The fraction of sp³-hybridized carbons (Fsp3) is 0. The number of nitrogens with zero attached hydrogens (tertiary/aromatic N) is 6. The van der Waals surface area contributed by atoms with E-state index in [1.54, 1.807) is 36.7 Å². The lowest BCUT2D eigenvalue weighted by atomic mass is 10.0. The maximum atomic E-state index is 11.5. The maximum absolute atomic E-state index is 11.5. The molecule has 0 aliphatic carbocycles. The van der Waals surface area contributed by atoms with Crippen LogP contribution < -0.4 is 9.78 Å². The first-order valence-electron chi connectivity index (χ1n) is 19.6. The highest BCUT2D eigenvalue weighted by atomic mass is 31.2. The van der Waals surface area contributed by atoms with Gasteiger partial charge in [-0.15, -0.1) is 9.57 Å². The number of aromatic nitrogens is 6. The summed E-state index contributed by atoms with van der Waals surface area (Å²) in [6.07, 6.45) is 3.47. The summed E-state index contributed by atoms with van der Waals surface area (Å²) >= 11 is 0. The first kappa shape index (κ1) is 39.3. The van der Waals surface area contributed by atoms with Crippen molar-refractivity contribution in [3.63, 3.8) is 0 Å². The summed E-state index contributed by atoms with van der Waals surface area (Å²) in [5, 5.41) is 5.42. The van der Waals surface area contributed by atoms with Crippen LogP contribution in [0.1, 0.15) is 0 Å². The summed E-state index contributed by atoms with van der Waals surface area (Å²) in [7, 11) is -5.87. The molecule has 0 aliphatic rings. The van der Waals surface area contributed by atoms with Crippen molar-refractivity contribution < 1.29 is 38.4 Å². The molecule has 0 bridgehead atoms. The second-order valence-electron chi connectivity index (χ2n) is 14.7. The van der Waals surface area contributed by atoms with Crippen LogP contribution in [0, 0.1) is 0 Å². The van der Waals surface area contributed by atoms with Crippen molar-refractivity contribution in [2.24, 2.45) is 0 Å². The van der Waals surface area contributed by atoms with Crippen molar-refractivity contribution in [1.82, 2.24) is 29.9 Å². The van der Waals surface area contributed by atoms with Crippen molar-refractivity contribution in [1.29, 1.82) is 0 Å². The van der Waals surface area contributed by atoms with Gasteiger partial charge < -0.3 is 14.7 Å². The molecule has 6 aromatic heterocycles. The minimum Gasteiger partial charge on any atom is -0.329 e. The van der Waals surface area contributed by atoms with Gasteiger partial charge in [0.1, 0.15) is 4.67 Å². The zero-order valence-corrected chi connectivity index (χ0v) is 34.8. The second-order valence-corrected chi connectivity index (χ2v) is 16.0. The van der Waals surface area contributed by atoms with Gasteiger partial charge in [0.15, 0.2) is 11.5 Å². The highest BCUT2D eigenvalue weighted by Crippen LogP contribution is 2.38. The van der Waals surface area contributed by atoms with Crippen LogP contribution in [-0.4, -0.2) is 44.6 Å². The summed E-state index contributed by atoms with van der Waals surface area (Å²) < 4.78 is 21.0. The Labute approximate surface area is 363 Å². The van der Waals surface area contributed by atoms with Gasteiger partial charge in [-0.1, -0.05) is 72.8 Å². The van der Waals surface area contributed by atoms with Crippen LogP contribution >= 0.6 is 16.9 Å². The quantitative estimate of drug-likeness (QED) is 0.0508. The largest absolute Gasteiger partial charge is 0.735 e. The van der Waals surface area contributed by atoms with Gasteiger partial charge in [-0.05, 0) is 72.8 Å². The van der Waals surface area contributed by atoms with Gasteiger partial charge in [0.2, 0.25) is 0 Å². The molecular formula is C48H29N6O8P2+. The SMILES string of the molecule is O=[P+](O)OOc1cc(-c2ccc3ccc4cccnc4c3n2)cc(-c2ccc3ccc4ccc(-c5cc(OOP(O)O)cc(-c6ccc7ccc8cccnc8c7n6)c5)nc4c3n2)c1. The van der Waals surface area contributed by atoms with Gasteiger partial charge in [-0.2, -0.15) is 0 Å². The van der Waals surface area contributed by atoms with Crippen molar-refractivity contribution >= 4 is 82.3 Å². The van der Waals surface area contributed by atoms with E-state index in [4.69, 9.17) is 34.4 Å². The Hall–Kier alpha value is -7.51. The van der Waals surface area contributed by atoms with E-state index in [0.29, 0.717) is 56.1 Å². The van der Waals surface area contributed by atoms with E-state index in [1.807, 2.05) is 121 Å². The molecule has 64 heavy (non-hydrogen) atoms. The van der Waals surface area contributed by atoms with Gasteiger partial charge in [-0.3, -0.25) is 14.9 Å². The molecule has 11 aromatic rings. The Morgan fingerprint density at radius 2 is 0.750 bits per heavy atom. The highest BCUT2D eigenvalue weighted by Gasteiger charge is 2.19. The Bertz CT molecular complexity index is 3690. The molecule has 0 spiro atoms. The molecule has 0 saturated heterocycles. The van der Waals surface area contributed by atoms with Crippen LogP contribution in [-0.2, 0) is 13.9 Å². The van der Waals surface area contributed by atoms with Gasteiger partial charge in [0, 0.05) is 71.5 Å². The van der Waals surface area contributed by atoms with E-state index >= 15 is 0 Å². The van der Waals surface area contributed by atoms with E-state index in [-0.39, 0.29) is 11.5 Å². The van der Waals surface area contributed by atoms with E-state index in [2.05, 4.69) is 14.6 Å². The standard InChI is InChI=1S/C48H28N6O8P2/c55-63(56)61-59-37-23-33(39-15-11-29-7-5-27-3-1-19-49-43(27)45(29)51-39)21-35(25-37)41-17-13-31-9-10-32-14-18-42(54-48(32)47(31)53-41)36-22-34(24-38(26-36)60-62-64(57)58)40-16-12-30-8-6-28-4-2-20-50-44(28)46(30)52-40/h1-26,55-56H/p+1. The third kappa shape index (κ3) is 7.57. The van der Waals surface area contributed by atoms with Crippen LogP contribution in [0.4, 0.5) is 0 Å². The lowest BCUT2D eigenvalue weighted by Gasteiger charge is -2.12. The molecule has 14 nitrogen and oxygen atoms in total. The van der Waals surface area contributed by atoms with Crippen molar-refractivity contribution in [3.05, 3.63) is 158 Å². The topological polar surface area (TPSA) is 192 Å². The molecule has 5 aromatic carbocycles. The molecule has 0 fully saturated rings. The monoisotopic (exact) mass is 879 g/mol. The minimum absolute atomic E-state index is 0.158. The van der Waals surface area contributed by atoms with Crippen molar-refractivity contribution in [3.8, 4) is 56.5 Å². The number of pyridine rings is 6. The normalized spacial score (nSPS) is 12.0. The number of hydrogen-bond donors (Lipinski definition) is 3. The third-order valence-corrected chi connectivity index (χ3v) is 11.2. The fourth-order valence-electron chi connectivity index (χ4n) is 7.90. The van der Waals surface area contributed by atoms with E-state index in [9.17, 15) is 19.2 Å². The predicted octanol–water partition coefficient (Wildman–Crippen LogP) is 11.1. The Balaban J connectivity index is 1.03. The number of fused-ring (bicyclic) bond motifs is 9. The van der Waals surface area contributed by atoms with E-state index < -0.39 is 16.9 Å². The average molecular weight is 880 g/mol. The van der Waals surface area contributed by atoms with Gasteiger partial charge >= 0.3 is 16.9 Å². The summed E-state index contributed by atoms with van der Waals surface area (Å²) in [5.41, 5.74) is 9.10. The lowest BCUT2D eigenvalue weighted by molar-refractivity contribution is -0.109. The van der Waals surface area contributed by atoms with Crippen LogP contribution in [0.25, 0.3) is 110 Å². The molecular weight excluding hydrogens is 851 g/mol. The van der Waals surface area contributed by atoms with E-state index in [1.165, 1.54) is 0 Å². The average Bonchev–Trinajstić information content (AvgIpc) is 3.34. The molecule has 0 aliphatic heterocycles. The molecule has 11 rings (SSSR count). The third-order valence-electron chi connectivity index (χ3n) is 10.8. The van der Waals surface area contributed by atoms with Crippen LogP contribution in [0.5, 0.6) is 11.5 Å². The summed E-state index contributed by atoms with van der Waals surface area (Å²) in [6, 6.07) is 45.6. The van der Waals surface area contributed by atoms with Crippen LogP contribution in [0.3, 0.4) is 0 Å². The smallest absolute Gasteiger partial charge is 0.329 e. The molecule has 16 heteroatoms. The number of hydrogen-bond acceptors (Lipinski definition) is 13. The maximum Gasteiger partial charge on any atom is 0.735 e. The first-order chi connectivity index (χ1) is 31.3. The zero-order chi connectivity index (χ0) is 43.3. The number of rotatable bonds is 10.